The van der Waals surface area contributed by atoms with Gasteiger partial charge >= 0.3 is 0 Å². The largest absolute Gasteiger partial charge is 0.491 e. The van der Waals surface area contributed by atoms with Crippen molar-refractivity contribution in [2.45, 2.75) is 19.9 Å². The van der Waals surface area contributed by atoms with Crippen molar-refractivity contribution in [1.82, 2.24) is 14.9 Å². The number of para-hydroxylation sites is 2. The molecule has 27 heavy (non-hydrogen) atoms. The maximum Gasteiger partial charge on any atom is 0.251 e. The molecule has 3 rings (SSSR count). The summed E-state index contributed by atoms with van der Waals surface area (Å²) in [6.45, 7) is 4.39. The van der Waals surface area contributed by atoms with Gasteiger partial charge in [0.2, 0.25) is 0 Å². The summed E-state index contributed by atoms with van der Waals surface area (Å²) < 4.78 is 12.7. The van der Waals surface area contributed by atoms with Gasteiger partial charge in [0.25, 0.3) is 5.91 Å². The van der Waals surface area contributed by atoms with E-state index in [1.54, 1.807) is 19.2 Å². The molecule has 6 heteroatoms. The number of hydrogen-bond acceptors (Lipinski definition) is 4. The van der Waals surface area contributed by atoms with Crippen molar-refractivity contribution in [3.8, 4) is 5.75 Å². The van der Waals surface area contributed by atoms with Crippen LogP contribution in [-0.2, 0) is 11.3 Å². The molecule has 0 aliphatic carbocycles. The van der Waals surface area contributed by atoms with Crippen LogP contribution < -0.4 is 10.1 Å². The molecule has 1 N–H and O–H groups in total. The Balaban J connectivity index is 1.51. The van der Waals surface area contributed by atoms with Gasteiger partial charge in [-0.25, -0.2) is 4.98 Å². The molecule has 1 aromatic heterocycles. The highest BCUT2D eigenvalue weighted by Crippen LogP contribution is 2.16. The van der Waals surface area contributed by atoms with Gasteiger partial charge in [0.15, 0.2) is 0 Å². The van der Waals surface area contributed by atoms with Crippen LogP contribution in [0.5, 0.6) is 5.75 Å². The third-order valence-electron chi connectivity index (χ3n) is 4.34. The summed E-state index contributed by atoms with van der Waals surface area (Å²) in [6, 6.07) is 15.3. The quantitative estimate of drug-likeness (QED) is 0.590. The number of carbonyl (C=O) groups is 1. The average Bonchev–Trinajstić information content (AvgIpc) is 3.01. The summed E-state index contributed by atoms with van der Waals surface area (Å²) in [5, 5.41) is 2.97. The molecule has 0 saturated carbocycles. The first-order valence-corrected chi connectivity index (χ1v) is 9.11. The van der Waals surface area contributed by atoms with Gasteiger partial charge in [0, 0.05) is 25.8 Å². The van der Waals surface area contributed by atoms with Crippen LogP contribution in [0.2, 0.25) is 0 Å². The number of hydrogen-bond donors (Lipinski definition) is 1. The number of imidazole rings is 1. The maximum atomic E-state index is 12.4. The van der Waals surface area contributed by atoms with E-state index in [0.717, 1.165) is 29.8 Å². The number of nitrogens with one attached hydrogen (secondary N) is 1. The van der Waals surface area contributed by atoms with Gasteiger partial charge in [-0.1, -0.05) is 18.2 Å². The highest BCUT2D eigenvalue weighted by molar-refractivity contribution is 5.94. The molecule has 1 heterocycles. The first kappa shape index (κ1) is 18.9. The molecule has 0 aliphatic rings. The Morgan fingerprint density at radius 1 is 1.15 bits per heavy atom. The molecule has 0 radical (unpaired) electrons. The van der Waals surface area contributed by atoms with Crippen LogP contribution in [0, 0.1) is 6.92 Å². The maximum absolute atomic E-state index is 12.4. The lowest BCUT2D eigenvalue weighted by Gasteiger charge is -2.10. The van der Waals surface area contributed by atoms with Crippen molar-refractivity contribution in [2.75, 3.05) is 26.9 Å². The van der Waals surface area contributed by atoms with E-state index < -0.39 is 0 Å². The minimum atomic E-state index is -0.0978. The lowest BCUT2D eigenvalue weighted by atomic mass is 10.2. The van der Waals surface area contributed by atoms with E-state index in [-0.39, 0.29) is 5.91 Å². The third kappa shape index (κ3) is 4.86. The monoisotopic (exact) mass is 367 g/mol. The van der Waals surface area contributed by atoms with Crippen molar-refractivity contribution < 1.29 is 14.3 Å². The zero-order chi connectivity index (χ0) is 19.1. The second kappa shape index (κ2) is 9.19. The van der Waals surface area contributed by atoms with Gasteiger partial charge in [-0.05, 0) is 43.7 Å². The molecule has 0 fully saturated rings. The molecule has 3 aromatic rings. The summed E-state index contributed by atoms with van der Waals surface area (Å²) in [5.74, 6) is 1.56. The van der Waals surface area contributed by atoms with Gasteiger partial charge in [0.05, 0.1) is 17.6 Å². The van der Waals surface area contributed by atoms with Crippen LogP contribution in [0.15, 0.2) is 48.5 Å². The van der Waals surface area contributed by atoms with Crippen molar-refractivity contribution in [1.29, 1.82) is 0 Å². The van der Waals surface area contributed by atoms with E-state index in [9.17, 15) is 4.79 Å². The number of carbonyl (C=O) groups excluding carboxylic acids is 1. The zero-order valence-corrected chi connectivity index (χ0v) is 15.8. The Kier molecular flexibility index (Phi) is 6.44. The molecule has 0 spiro atoms. The fourth-order valence-corrected chi connectivity index (χ4v) is 2.99. The SMILES string of the molecule is COCCOc1cccc(C(=O)NCCCn2c(C)nc3ccccc32)c1. The Bertz CT molecular complexity index is 905. The summed E-state index contributed by atoms with van der Waals surface area (Å²) in [5.41, 5.74) is 2.72. The minimum absolute atomic E-state index is 0.0978. The van der Waals surface area contributed by atoms with Crippen molar-refractivity contribution in [3.05, 3.63) is 59.9 Å². The Morgan fingerprint density at radius 2 is 2.00 bits per heavy atom. The normalized spacial score (nSPS) is 10.9. The summed E-state index contributed by atoms with van der Waals surface area (Å²) >= 11 is 0. The van der Waals surface area contributed by atoms with Crippen LogP contribution in [0.4, 0.5) is 0 Å². The lowest BCUT2D eigenvalue weighted by Crippen LogP contribution is -2.25. The third-order valence-corrected chi connectivity index (χ3v) is 4.34. The summed E-state index contributed by atoms with van der Waals surface area (Å²) in [6.07, 6.45) is 0.830. The fourth-order valence-electron chi connectivity index (χ4n) is 2.99. The van der Waals surface area contributed by atoms with Gasteiger partial charge in [-0.3, -0.25) is 4.79 Å². The number of aryl methyl sites for hydroxylation is 2. The Hall–Kier alpha value is -2.86. The first-order chi connectivity index (χ1) is 13.2. The molecule has 0 unspecified atom stereocenters. The summed E-state index contributed by atoms with van der Waals surface area (Å²) in [4.78, 5) is 16.9. The lowest BCUT2D eigenvalue weighted by molar-refractivity contribution is 0.0952. The minimum Gasteiger partial charge on any atom is -0.491 e. The molecular formula is C21H25N3O3. The highest BCUT2D eigenvalue weighted by atomic mass is 16.5. The molecule has 1 amide bonds. The Morgan fingerprint density at radius 3 is 2.85 bits per heavy atom. The molecule has 2 aromatic carbocycles. The van der Waals surface area contributed by atoms with Crippen molar-refractivity contribution in [3.63, 3.8) is 0 Å². The van der Waals surface area contributed by atoms with Crippen LogP contribution in [0.3, 0.4) is 0 Å². The highest BCUT2D eigenvalue weighted by Gasteiger charge is 2.08. The number of fused-ring (bicyclic) bond motifs is 1. The number of benzene rings is 2. The van der Waals surface area contributed by atoms with Crippen LogP contribution in [0.25, 0.3) is 11.0 Å². The van der Waals surface area contributed by atoms with Gasteiger partial charge in [-0.15, -0.1) is 0 Å². The van der Waals surface area contributed by atoms with Crippen LogP contribution in [0.1, 0.15) is 22.6 Å². The van der Waals surface area contributed by atoms with Crippen molar-refractivity contribution in [2.24, 2.45) is 0 Å². The molecule has 0 atom stereocenters. The molecule has 0 bridgehead atoms. The number of amides is 1. The van der Waals surface area contributed by atoms with Gasteiger partial charge in [0.1, 0.15) is 18.2 Å². The number of methoxy groups -OCH3 is 1. The second-order valence-corrected chi connectivity index (χ2v) is 6.28. The standard InChI is InChI=1S/C21H25N3O3/c1-16-23-19-9-3-4-10-20(19)24(16)12-6-11-22-21(25)17-7-5-8-18(15-17)27-14-13-26-2/h3-5,7-10,15H,6,11-14H2,1-2H3,(H,22,25). The predicted octanol–water partition coefficient (Wildman–Crippen LogP) is 3.19. The average molecular weight is 367 g/mol. The predicted molar refractivity (Wildman–Crippen MR) is 105 cm³/mol. The topological polar surface area (TPSA) is 65.4 Å². The smallest absolute Gasteiger partial charge is 0.251 e. The van der Waals surface area contributed by atoms with Gasteiger partial charge in [-0.2, -0.15) is 0 Å². The fraction of sp³-hybridized carbons (Fsp3) is 0.333. The van der Waals surface area contributed by atoms with E-state index in [0.29, 0.717) is 31.1 Å². The molecular weight excluding hydrogens is 342 g/mol. The molecule has 6 nitrogen and oxygen atoms in total. The molecule has 0 saturated heterocycles. The number of aromatic nitrogens is 2. The zero-order valence-electron chi connectivity index (χ0n) is 15.8. The van der Waals surface area contributed by atoms with E-state index in [2.05, 4.69) is 20.9 Å². The van der Waals surface area contributed by atoms with Crippen LogP contribution >= 0.6 is 0 Å². The van der Waals surface area contributed by atoms with E-state index in [1.807, 2.05) is 37.3 Å². The van der Waals surface area contributed by atoms with Crippen LogP contribution in [-0.4, -0.2) is 42.3 Å². The Labute approximate surface area is 159 Å². The van der Waals surface area contributed by atoms with E-state index >= 15 is 0 Å². The molecule has 0 aliphatic heterocycles. The number of rotatable bonds is 9. The number of ether oxygens (including phenoxy) is 2. The number of nitrogens with zero attached hydrogens (tertiary/aromatic N) is 2. The van der Waals surface area contributed by atoms with Gasteiger partial charge < -0.3 is 19.4 Å². The first-order valence-electron chi connectivity index (χ1n) is 9.11. The van der Waals surface area contributed by atoms with Crippen molar-refractivity contribution >= 4 is 16.9 Å². The van der Waals surface area contributed by atoms with E-state index in [4.69, 9.17) is 9.47 Å². The molecule has 142 valence electrons. The summed E-state index contributed by atoms with van der Waals surface area (Å²) in [7, 11) is 1.63. The second-order valence-electron chi connectivity index (χ2n) is 6.28. The van der Waals surface area contributed by atoms with E-state index in [1.165, 1.54) is 0 Å².